The summed E-state index contributed by atoms with van der Waals surface area (Å²) in [6, 6.07) is 6.30. The average Bonchev–Trinajstić information content (AvgIpc) is 2.39. The zero-order valence-corrected chi connectivity index (χ0v) is 11.3. The maximum atomic E-state index is 13.6. The van der Waals surface area contributed by atoms with Crippen molar-refractivity contribution in [1.82, 2.24) is 9.97 Å². The van der Waals surface area contributed by atoms with Crippen LogP contribution in [0, 0.1) is 20.7 Å². The van der Waals surface area contributed by atoms with Crippen LogP contribution >= 0.6 is 22.6 Å². The number of benzene rings is 1. The fourth-order valence-corrected chi connectivity index (χ4v) is 1.87. The molecule has 0 unspecified atom stereocenters. The molecular formula is C12H8FIN4. The minimum absolute atomic E-state index is 0.310. The van der Waals surface area contributed by atoms with Gasteiger partial charge in [0.05, 0.1) is 15.2 Å². The number of nitrogens with zero attached hydrogens (tertiary/aromatic N) is 3. The first kappa shape index (κ1) is 12.7. The second kappa shape index (κ2) is 5.73. The largest absolute Gasteiger partial charge is 0.365 e. The standard InChI is InChI=1S/C12H8FIN4/c13-10-3-8(4-15)1-2-9(10)5-17-12-11(14)6-16-7-18-12/h1-3,6-7H,5H2,(H,16,17,18). The van der Waals surface area contributed by atoms with E-state index in [1.165, 1.54) is 12.4 Å². The third-order valence-corrected chi connectivity index (χ3v) is 3.09. The van der Waals surface area contributed by atoms with Crippen LogP contribution in [0.25, 0.3) is 0 Å². The van der Waals surface area contributed by atoms with Crippen molar-refractivity contribution in [3.63, 3.8) is 0 Å². The van der Waals surface area contributed by atoms with Gasteiger partial charge in [-0.05, 0) is 34.7 Å². The summed E-state index contributed by atoms with van der Waals surface area (Å²) in [5, 5.41) is 11.7. The van der Waals surface area contributed by atoms with Crippen LogP contribution in [0.3, 0.4) is 0 Å². The van der Waals surface area contributed by atoms with Crippen molar-refractivity contribution < 1.29 is 4.39 Å². The van der Waals surface area contributed by atoms with Gasteiger partial charge in [0.15, 0.2) is 0 Å². The average molecular weight is 354 g/mol. The fourth-order valence-electron chi connectivity index (χ4n) is 1.38. The molecule has 1 aromatic carbocycles. The molecule has 0 aliphatic heterocycles. The highest BCUT2D eigenvalue weighted by Gasteiger charge is 2.05. The van der Waals surface area contributed by atoms with E-state index in [9.17, 15) is 4.39 Å². The number of halogens is 2. The highest BCUT2D eigenvalue weighted by atomic mass is 127. The Morgan fingerprint density at radius 2 is 2.28 bits per heavy atom. The van der Waals surface area contributed by atoms with Gasteiger partial charge in [0.2, 0.25) is 0 Å². The molecule has 90 valence electrons. The van der Waals surface area contributed by atoms with E-state index in [1.54, 1.807) is 18.3 Å². The lowest BCUT2D eigenvalue weighted by atomic mass is 10.1. The van der Waals surface area contributed by atoms with Crippen LogP contribution in [-0.4, -0.2) is 9.97 Å². The van der Waals surface area contributed by atoms with Gasteiger partial charge in [-0.3, -0.25) is 0 Å². The summed E-state index contributed by atoms with van der Waals surface area (Å²) in [4.78, 5) is 7.92. The van der Waals surface area contributed by atoms with Crippen molar-refractivity contribution in [2.24, 2.45) is 0 Å². The van der Waals surface area contributed by atoms with E-state index in [2.05, 4.69) is 37.9 Å². The molecule has 6 heteroatoms. The SMILES string of the molecule is N#Cc1ccc(CNc2ncncc2I)c(F)c1. The third-order valence-electron chi connectivity index (χ3n) is 2.30. The van der Waals surface area contributed by atoms with Crippen molar-refractivity contribution in [1.29, 1.82) is 5.26 Å². The summed E-state index contributed by atoms with van der Waals surface area (Å²) >= 11 is 2.10. The maximum absolute atomic E-state index is 13.6. The number of rotatable bonds is 3. The van der Waals surface area contributed by atoms with Gasteiger partial charge in [-0.1, -0.05) is 6.07 Å². The van der Waals surface area contributed by atoms with E-state index in [0.29, 0.717) is 23.5 Å². The molecule has 0 aliphatic carbocycles. The molecule has 0 saturated carbocycles. The van der Waals surface area contributed by atoms with Gasteiger partial charge < -0.3 is 5.32 Å². The molecule has 2 aromatic rings. The van der Waals surface area contributed by atoms with Gasteiger partial charge in [-0.15, -0.1) is 0 Å². The van der Waals surface area contributed by atoms with E-state index in [0.717, 1.165) is 3.57 Å². The zero-order chi connectivity index (χ0) is 13.0. The molecule has 0 radical (unpaired) electrons. The fraction of sp³-hybridized carbons (Fsp3) is 0.0833. The number of nitrogens with one attached hydrogen (secondary N) is 1. The Kier molecular flexibility index (Phi) is 4.04. The van der Waals surface area contributed by atoms with E-state index < -0.39 is 5.82 Å². The van der Waals surface area contributed by atoms with Crippen molar-refractivity contribution in [2.45, 2.75) is 6.54 Å². The molecule has 0 bridgehead atoms. The van der Waals surface area contributed by atoms with E-state index in [1.807, 2.05) is 6.07 Å². The second-order valence-electron chi connectivity index (χ2n) is 3.49. The molecule has 4 nitrogen and oxygen atoms in total. The predicted octanol–water partition coefficient (Wildman–Crippen LogP) is 2.70. The van der Waals surface area contributed by atoms with Crippen LogP contribution in [0.15, 0.2) is 30.7 Å². The zero-order valence-electron chi connectivity index (χ0n) is 9.19. The van der Waals surface area contributed by atoms with Crippen molar-refractivity contribution >= 4 is 28.4 Å². The molecular weight excluding hydrogens is 346 g/mol. The first-order valence-corrected chi connectivity index (χ1v) is 6.16. The minimum atomic E-state index is -0.398. The lowest BCUT2D eigenvalue weighted by Crippen LogP contribution is -2.05. The minimum Gasteiger partial charge on any atom is -0.365 e. The van der Waals surface area contributed by atoms with Crippen molar-refractivity contribution in [2.75, 3.05) is 5.32 Å². The molecule has 0 fully saturated rings. The Balaban J connectivity index is 2.12. The molecule has 18 heavy (non-hydrogen) atoms. The van der Waals surface area contributed by atoms with Crippen LogP contribution in [0.4, 0.5) is 10.2 Å². The van der Waals surface area contributed by atoms with Gasteiger partial charge in [-0.2, -0.15) is 5.26 Å². The molecule has 0 spiro atoms. The topological polar surface area (TPSA) is 61.6 Å². The Bertz CT molecular complexity index is 609. The molecule has 1 N–H and O–H groups in total. The summed E-state index contributed by atoms with van der Waals surface area (Å²) < 4.78 is 14.5. The first-order valence-electron chi connectivity index (χ1n) is 5.08. The maximum Gasteiger partial charge on any atom is 0.143 e. The van der Waals surface area contributed by atoms with Gasteiger partial charge in [0.25, 0.3) is 0 Å². The van der Waals surface area contributed by atoms with E-state index >= 15 is 0 Å². The Morgan fingerprint density at radius 3 is 2.94 bits per heavy atom. The number of hydrogen-bond donors (Lipinski definition) is 1. The highest BCUT2D eigenvalue weighted by molar-refractivity contribution is 14.1. The molecule has 2 rings (SSSR count). The van der Waals surface area contributed by atoms with Crippen LogP contribution in [0.2, 0.25) is 0 Å². The molecule has 1 heterocycles. The predicted molar refractivity (Wildman–Crippen MR) is 73.2 cm³/mol. The molecule has 0 atom stereocenters. The third kappa shape index (κ3) is 2.92. The van der Waals surface area contributed by atoms with Crippen LogP contribution in [-0.2, 0) is 6.54 Å². The molecule has 0 aliphatic rings. The Hall–Kier alpha value is -1.75. The van der Waals surface area contributed by atoms with E-state index in [4.69, 9.17) is 5.26 Å². The molecule has 0 saturated heterocycles. The van der Waals surface area contributed by atoms with Gasteiger partial charge in [0, 0.05) is 18.3 Å². The summed E-state index contributed by atoms with van der Waals surface area (Å²) in [7, 11) is 0. The van der Waals surface area contributed by atoms with Gasteiger partial charge >= 0.3 is 0 Å². The van der Waals surface area contributed by atoms with Crippen molar-refractivity contribution in [3.05, 3.63) is 51.2 Å². The lowest BCUT2D eigenvalue weighted by molar-refractivity contribution is 0.612. The Morgan fingerprint density at radius 1 is 1.44 bits per heavy atom. The number of aromatic nitrogens is 2. The van der Waals surface area contributed by atoms with Crippen LogP contribution in [0.5, 0.6) is 0 Å². The molecule has 1 aromatic heterocycles. The number of nitriles is 1. The van der Waals surface area contributed by atoms with Crippen LogP contribution in [0.1, 0.15) is 11.1 Å². The van der Waals surface area contributed by atoms with E-state index in [-0.39, 0.29) is 0 Å². The summed E-state index contributed by atoms with van der Waals surface area (Å²) in [6.07, 6.45) is 3.10. The summed E-state index contributed by atoms with van der Waals surface area (Å²) in [5.74, 6) is 0.264. The number of hydrogen-bond acceptors (Lipinski definition) is 4. The second-order valence-corrected chi connectivity index (χ2v) is 4.65. The van der Waals surface area contributed by atoms with Crippen LogP contribution < -0.4 is 5.32 Å². The number of anilines is 1. The lowest BCUT2D eigenvalue weighted by Gasteiger charge is -2.07. The highest BCUT2D eigenvalue weighted by Crippen LogP contribution is 2.15. The Labute approximate surface area is 117 Å². The quantitative estimate of drug-likeness (QED) is 0.861. The summed E-state index contributed by atoms with van der Waals surface area (Å²) in [6.45, 7) is 0.310. The van der Waals surface area contributed by atoms with Gasteiger partial charge in [-0.25, -0.2) is 14.4 Å². The molecule has 0 amide bonds. The summed E-state index contributed by atoms with van der Waals surface area (Å²) in [5.41, 5.74) is 0.802. The van der Waals surface area contributed by atoms with Gasteiger partial charge in [0.1, 0.15) is 18.0 Å². The smallest absolute Gasteiger partial charge is 0.143 e. The van der Waals surface area contributed by atoms with Crippen molar-refractivity contribution in [3.8, 4) is 6.07 Å². The normalized spacial score (nSPS) is 9.83. The first-order chi connectivity index (χ1) is 8.70. The monoisotopic (exact) mass is 354 g/mol.